The molecule has 8 heteroatoms. The lowest BCUT2D eigenvalue weighted by Gasteiger charge is -2.33. The van der Waals surface area contributed by atoms with Crippen LogP contribution in [0, 0.1) is 5.92 Å². The van der Waals surface area contributed by atoms with Crippen LogP contribution in [0.5, 0.6) is 0 Å². The Kier molecular flexibility index (Phi) is 6.58. The van der Waals surface area contributed by atoms with E-state index in [2.05, 4.69) is 21.5 Å². The van der Waals surface area contributed by atoms with E-state index in [1.807, 2.05) is 12.1 Å². The van der Waals surface area contributed by atoms with Gasteiger partial charge in [0.2, 0.25) is 5.03 Å². The highest BCUT2D eigenvalue weighted by Crippen LogP contribution is 2.36. The van der Waals surface area contributed by atoms with Gasteiger partial charge in [0.15, 0.2) is 4.90 Å². The predicted octanol–water partition coefficient (Wildman–Crippen LogP) is 3.84. The van der Waals surface area contributed by atoms with Crippen LogP contribution in [-0.2, 0) is 22.5 Å². The Hall–Kier alpha value is -1.12. The van der Waals surface area contributed by atoms with E-state index < -0.39 is 22.5 Å². The molecule has 1 aromatic heterocycles. The first kappa shape index (κ1) is 19.6. The minimum atomic E-state index is -1.51. The summed E-state index contributed by atoms with van der Waals surface area (Å²) in [5.74, 6) is 0.727. The van der Waals surface area contributed by atoms with E-state index in [1.54, 1.807) is 24.5 Å². The van der Waals surface area contributed by atoms with Gasteiger partial charge >= 0.3 is 0 Å². The van der Waals surface area contributed by atoms with Gasteiger partial charge in [0.25, 0.3) is 0 Å². The fourth-order valence-corrected chi connectivity index (χ4v) is 4.52. The molecule has 26 heavy (non-hydrogen) atoms. The molecule has 1 aliphatic heterocycles. The maximum atomic E-state index is 12.7. The van der Waals surface area contributed by atoms with E-state index >= 15 is 0 Å². The third-order valence-corrected chi connectivity index (χ3v) is 6.73. The number of anilines is 2. The molecule has 0 spiro atoms. The van der Waals surface area contributed by atoms with Crippen LogP contribution in [0.15, 0.2) is 46.5 Å². The van der Waals surface area contributed by atoms with Gasteiger partial charge in [0, 0.05) is 36.4 Å². The fourth-order valence-electron chi connectivity index (χ4n) is 2.92. The zero-order valence-corrected chi connectivity index (χ0v) is 17.2. The van der Waals surface area contributed by atoms with Crippen molar-refractivity contribution in [3.8, 4) is 0 Å². The average molecular weight is 412 g/mol. The lowest BCUT2D eigenvalue weighted by molar-refractivity contribution is 0.438. The second kappa shape index (κ2) is 8.71. The van der Waals surface area contributed by atoms with Gasteiger partial charge in [-0.25, -0.2) is 4.98 Å². The molecule has 2 heterocycles. The highest BCUT2D eigenvalue weighted by Gasteiger charge is 2.23. The number of benzene rings is 1. The molecule has 0 saturated carbocycles. The van der Waals surface area contributed by atoms with Crippen molar-refractivity contribution >= 4 is 45.5 Å². The lowest BCUT2D eigenvalue weighted by Crippen LogP contribution is -2.33. The molecule has 1 aromatic carbocycles. The average Bonchev–Trinajstić information content (AvgIpc) is 2.64. The zero-order chi connectivity index (χ0) is 18.7. The van der Waals surface area contributed by atoms with E-state index in [1.165, 1.54) is 6.20 Å². The molecule has 2 atom stereocenters. The third-order valence-electron chi connectivity index (χ3n) is 4.53. The Labute approximate surface area is 165 Å². The van der Waals surface area contributed by atoms with Gasteiger partial charge in [-0.15, -0.1) is 0 Å². The summed E-state index contributed by atoms with van der Waals surface area (Å²) in [7, 11) is 0. The molecule has 1 aliphatic rings. The van der Waals surface area contributed by atoms with E-state index in [0.717, 1.165) is 37.5 Å². The van der Waals surface area contributed by atoms with Gasteiger partial charge in [-0.3, -0.25) is 0 Å². The molecule has 2 aromatic rings. The van der Waals surface area contributed by atoms with Crippen molar-refractivity contribution in [2.75, 3.05) is 29.0 Å². The highest BCUT2D eigenvalue weighted by atomic mass is 35.5. The molecule has 1 saturated heterocycles. The van der Waals surface area contributed by atoms with Crippen molar-refractivity contribution in [3.63, 3.8) is 0 Å². The number of hydrogen-bond donors (Lipinski definition) is 1. The number of rotatable bonds is 5. The van der Waals surface area contributed by atoms with Crippen molar-refractivity contribution in [3.05, 3.63) is 41.6 Å². The largest absolute Gasteiger partial charge is 0.610 e. The van der Waals surface area contributed by atoms with Crippen LogP contribution in [0.2, 0.25) is 5.02 Å². The molecule has 1 fully saturated rings. The minimum absolute atomic E-state index is 0.464. The molecule has 2 unspecified atom stereocenters. The molecular formula is C18H22ClN3O2S2. The second-order valence-electron chi connectivity index (χ2n) is 6.46. The molecule has 0 aliphatic carbocycles. The molecule has 3 rings (SSSR count). The summed E-state index contributed by atoms with van der Waals surface area (Å²) in [5, 5.41) is 1.00. The van der Waals surface area contributed by atoms with Crippen LogP contribution >= 0.6 is 11.6 Å². The Morgan fingerprint density at radius 1 is 1.19 bits per heavy atom. The fraction of sp³-hybridized carbons (Fsp3) is 0.389. The zero-order valence-electron chi connectivity index (χ0n) is 14.8. The Balaban J connectivity index is 1.80. The maximum absolute atomic E-state index is 12.7. The Morgan fingerprint density at radius 3 is 2.54 bits per heavy atom. The number of nitrogens with one attached hydrogen (secondary N) is 1. The number of halogens is 1. The molecule has 140 valence electrons. The number of para-hydroxylation sites is 1. The normalized spacial score (nSPS) is 17.8. The van der Waals surface area contributed by atoms with Gasteiger partial charge in [-0.05, 0) is 30.9 Å². The SMILES string of the molecule is CC1CCN(c2cccc(Cl)c2N[S+]([O-])c2ccc([S+](C)[O-])nc2)CC1. The lowest BCUT2D eigenvalue weighted by atomic mass is 9.98. The molecule has 5 nitrogen and oxygen atoms in total. The summed E-state index contributed by atoms with van der Waals surface area (Å²) in [5.41, 5.74) is 1.64. The van der Waals surface area contributed by atoms with Crippen LogP contribution in [0.4, 0.5) is 11.4 Å². The summed E-state index contributed by atoms with van der Waals surface area (Å²) < 4.78 is 27.2. The van der Waals surface area contributed by atoms with Crippen LogP contribution in [0.25, 0.3) is 0 Å². The number of pyridine rings is 1. The Bertz CT molecular complexity index is 738. The maximum Gasteiger partial charge on any atom is 0.244 e. The van der Waals surface area contributed by atoms with Gasteiger partial charge in [0.05, 0.1) is 16.9 Å². The molecule has 0 amide bonds. The number of hydrogen-bond acceptors (Lipinski definition) is 5. The van der Waals surface area contributed by atoms with Crippen molar-refractivity contribution < 1.29 is 9.11 Å². The van der Waals surface area contributed by atoms with E-state index in [0.29, 0.717) is 20.6 Å². The summed E-state index contributed by atoms with van der Waals surface area (Å²) >= 11 is 3.73. The first-order valence-corrected chi connectivity index (χ1v) is 11.6. The van der Waals surface area contributed by atoms with Gasteiger partial charge in [-0.1, -0.05) is 24.6 Å². The smallest absolute Gasteiger partial charge is 0.244 e. The van der Waals surface area contributed by atoms with Gasteiger partial charge in [-0.2, -0.15) is 4.72 Å². The monoisotopic (exact) mass is 411 g/mol. The Morgan fingerprint density at radius 2 is 1.92 bits per heavy atom. The first-order chi connectivity index (χ1) is 12.5. The summed E-state index contributed by atoms with van der Waals surface area (Å²) in [6.07, 6.45) is 5.31. The molecule has 1 N–H and O–H groups in total. The predicted molar refractivity (Wildman–Crippen MR) is 109 cm³/mol. The summed E-state index contributed by atoms with van der Waals surface area (Å²) in [4.78, 5) is 6.90. The quantitative estimate of drug-likeness (QED) is 0.756. The number of aromatic nitrogens is 1. The summed E-state index contributed by atoms with van der Waals surface area (Å²) in [6, 6.07) is 9.01. The van der Waals surface area contributed by atoms with E-state index in [-0.39, 0.29) is 0 Å². The third kappa shape index (κ3) is 4.58. The van der Waals surface area contributed by atoms with E-state index in [9.17, 15) is 9.11 Å². The first-order valence-electron chi connectivity index (χ1n) is 8.47. The van der Waals surface area contributed by atoms with Crippen LogP contribution in [-0.4, -0.2) is 33.4 Å². The van der Waals surface area contributed by atoms with Crippen LogP contribution in [0.3, 0.4) is 0 Å². The topological polar surface area (TPSA) is 74.3 Å². The standard InChI is InChI=1S/C18H22ClN3O2S2/c1-13-8-10-22(11-9-13)16-5-3-4-15(19)18(16)21-26(24)14-6-7-17(20-12-14)25(2)23/h3-7,12-13,21H,8-11H2,1-2H3. The molecule has 0 bridgehead atoms. The van der Waals surface area contributed by atoms with E-state index in [4.69, 9.17) is 11.6 Å². The van der Waals surface area contributed by atoms with Crippen molar-refractivity contribution in [2.45, 2.75) is 29.7 Å². The number of nitrogens with zero attached hydrogens (tertiary/aromatic N) is 2. The van der Waals surface area contributed by atoms with Gasteiger partial charge in [0.1, 0.15) is 23.3 Å². The molecular weight excluding hydrogens is 390 g/mol. The van der Waals surface area contributed by atoms with Crippen molar-refractivity contribution in [2.24, 2.45) is 5.92 Å². The van der Waals surface area contributed by atoms with Crippen molar-refractivity contribution in [1.82, 2.24) is 4.98 Å². The van der Waals surface area contributed by atoms with Gasteiger partial charge < -0.3 is 14.0 Å². The highest BCUT2D eigenvalue weighted by molar-refractivity contribution is 7.92. The second-order valence-corrected chi connectivity index (χ2v) is 9.41. The summed E-state index contributed by atoms with van der Waals surface area (Å²) in [6.45, 7) is 4.19. The number of piperidine rings is 1. The van der Waals surface area contributed by atoms with Crippen LogP contribution in [0.1, 0.15) is 19.8 Å². The molecule has 0 radical (unpaired) electrons. The minimum Gasteiger partial charge on any atom is -0.610 e. The van der Waals surface area contributed by atoms with Crippen molar-refractivity contribution in [1.29, 1.82) is 0 Å². The van der Waals surface area contributed by atoms with Crippen LogP contribution < -0.4 is 9.62 Å².